The van der Waals surface area contributed by atoms with E-state index in [1.807, 2.05) is 0 Å². The molecule has 40 heavy (non-hydrogen) atoms. The Kier molecular flexibility index (Phi) is 5.57. The zero-order valence-electron chi connectivity index (χ0n) is 23.4. The molecule has 4 heteroatoms. The molecule has 0 saturated heterocycles. The highest BCUT2D eigenvalue weighted by atomic mass is 16.5. The standard InChI is InChI=1S/C36H32N2O2/c1-35(2)21-39-33(37-35)25-17-13-23(14-18-25)31-27-9-5-7-11-29(27)32(30-12-8-6-10-28(30)31)24-15-19-26(20-16-24)34-38-36(3,4)22-40-34/h5-20H,21-22H2,1-4H3. The number of hydrogen-bond acceptors (Lipinski definition) is 4. The Bertz CT molecular complexity index is 1640. The van der Waals surface area contributed by atoms with Crippen LogP contribution in [0.4, 0.5) is 0 Å². The summed E-state index contributed by atoms with van der Waals surface area (Å²) in [7, 11) is 0. The van der Waals surface area contributed by atoms with Gasteiger partial charge in [-0.2, -0.15) is 0 Å². The van der Waals surface area contributed by atoms with Crippen molar-refractivity contribution >= 4 is 33.3 Å². The van der Waals surface area contributed by atoms with E-state index in [0.717, 1.165) is 22.9 Å². The summed E-state index contributed by atoms with van der Waals surface area (Å²) in [5, 5.41) is 4.92. The average molecular weight is 525 g/mol. The maximum Gasteiger partial charge on any atom is 0.216 e. The van der Waals surface area contributed by atoms with Gasteiger partial charge < -0.3 is 9.47 Å². The Hall–Kier alpha value is -4.44. The third kappa shape index (κ3) is 4.24. The molecule has 5 aromatic rings. The highest BCUT2D eigenvalue weighted by molar-refractivity contribution is 6.21. The van der Waals surface area contributed by atoms with Crippen LogP contribution in [-0.2, 0) is 9.47 Å². The van der Waals surface area contributed by atoms with Gasteiger partial charge in [-0.1, -0.05) is 72.8 Å². The van der Waals surface area contributed by atoms with E-state index in [9.17, 15) is 0 Å². The molecule has 0 saturated carbocycles. The summed E-state index contributed by atoms with van der Waals surface area (Å²) in [6, 6.07) is 34.7. The van der Waals surface area contributed by atoms with Crippen LogP contribution in [0.15, 0.2) is 107 Å². The molecular weight excluding hydrogens is 492 g/mol. The maximum absolute atomic E-state index is 5.89. The van der Waals surface area contributed by atoms with Gasteiger partial charge in [0.05, 0.1) is 11.1 Å². The van der Waals surface area contributed by atoms with Crippen LogP contribution in [-0.4, -0.2) is 36.1 Å². The lowest BCUT2D eigenvalue weighted by molar-refractivity contribution is 0.279. The first-order chi connectivity index (χ1) is 19.3. The van der Waals surface area contributed by atoms with E-state index in [-0.39, 0.29) is 11.1 Å². The zero-order valence-corrected chi connectivity index (χ0v) is 23.4. The Morgan fingerprint density at radius 2 is 0.750 bits per heavy atom. The van der Waals surface area contributed by atoms with E-state index in [1.54, 1.807) is 0 Å². The summed E-state index contributed by atoms with van der Waals surface area (Å²) < 4.78 is 11.8. The topological polar surface area (TPSA) is 43.2 Å². The molecule has 0 radical (unpaired) electrons. The van der Waals surface area contributed by atoms with Gasteiger partial charge in [0.2, 0.25) is 11.8 Å². The summed E-state index contributed by atoms with van der Waals surface area (Å²) in [6.07, 6.45) is 0. The first kappa shape index (κ1) is 24.6. The van der Waals surface area contributed by atoms with E-state index in [0.29, 0.717) is 13.2 Å². The minimum atomic E-state index is -0.178. The molecule has 0 aromatic heterocycles. The van der Waals surface area contributed by atoms with Crippen LogP contribution in [0.2, 0.25) is 0 Å². The minimum Gasteiger partial charge on any atom is -0.475 e. The van der Waals surface area contributed by atoms with Crippen molar-refractivity contribution in [1.82, 2.24) is 0 Å². The van der Waals surface area contributed by atoms with Gasteiger partial charge in [-0.15, -0.1) is 0 Å². The van der Waals surface area contributed by atoms with E-state index < -0.39 is 0 Å². The highest BCUT2D eigenvalue weighted by Crippen LogP contribution is 2.43. The predicted molar refractivity (Wildman–Crippen MR) is 165 cm³/mol. The maximum atomic E-state index is 5.89. The second-order valence-corrected chi connectivity index (χ2v) is 12.0. The minimum absolute atomic E-state index is 0.178. The number of fused-ring (bicyclic) bond motifs is 2. The Labute approximate surface area is 235 Å². The van der Waals surface area contributed by atoms with Crippen molar-refractivity contribution in [3.8, 4) is 22.3 Å². The van der Waals surface area contributed by atoms with Gasteiger partial charge in [-0.25, -0.2) is 9.98 Å². The lowest BCUT2D eigenvalue weighted by atomic mass is 9.85. The predicted octanol–water partition coefficient (Wildman–Crippen LogP) is 8.44. The van der Waals surface area contributed by atoms with Gasteiger partial charge in [0.1, 0.15) is 13.2 Å². The van der Waals surface area contributed by atoms with Crippen LogP contribution in [0.25, 0.3) is 43.8 Å². The first-order valence-electron chi connectivity index (χ1n) is 13.9. The fraction of sp³-hybridized carbons (Fsp3) is 0.222. The molecule has 4 nitrogen and oxygen atoms in total. The molecular formula is C36H32N2O2. The quantitative estimate of drug-likeness (QED) is 0.221. The molecule has 198 valence electrons. The lowest BCUT2D eigenvalue weighted by Gasteiger charge is -2.18. The number of hydrogen-bond donors (Lipinski definition) is 0. The number of nitrogens with zero attached hydrogens (tertiary/aromatic N) is 2. The van der Waals surface area contributed by atoms with E-state index in [4.69, 9.17) is 19.5 Å². The lowest BCUT2D eigenvalue weighted by Crippen LogP contribution is -2.17. The Balaban J connectivity index is 1.37. The smallest absolute Gasteiger partial charge is 0.216 e. The van der Waals surface area contributed by atoms with Crippen LogP contribution in [0, 0.1) is 0 Å². The molecule has 2 aliphatic rings. The molecule has 0 bridgehead atoms. The molecule has 2 aliphatic heterocycles. The zero-order chi connectivity index (χ0) is 27.5. The summed E-state index contributed by atoms with van der Waals surface area (Å²) in [5.41, 5.74) is 6.50. The van der Waals surface area contributed by atoms with Crippen molar-refractivity contribution in [2.75, 3.05) is 13.2 Å². The third-order valence-electron chi connectivity index (χ3n) is 7.71. The van der Waals surface area contributed by atoms with Gasteiger partial charge in [-0.3, -0.25) is 0 Å². The third-order valence-corrected chi connectivity index (χ3v) is 7.71. The highest BCUT2D eigenvalue weighted by Gasteiger charge is 2.28. The van der Waals surface area contributed by atoms with E-state index in [1.165, 1.54) is 43.8 Å². The Morgan fingerprint density at radius 3 is 1.02 bits per heavy atom. The average Bonchev–Trinajstić information content (AvgIpc) is 3.52. The molecule has 0 N–H and O–H groups in total. The van der Waals surface area contributed by atoms with Gasteiger partial charge in [0.15, 0.2) is 0 Å². The normalized spacial score (nSPS) is 17.4. The molecule has 0 fully saturated rings. The fourth-order valence-electron chi connectivity index (χ4n) is 5.77. The number of aliphatic imine (C=N–C) groups is 2. The molecule has 0 spiro atoms. The summed E-state index contributed by atoms with van der Waals surface area (Å²) in [6.45, 7) is 9.61. The molecule has 7 rings (SSSR count). The molecule has 0 aliphatic carbocycles. The Morgan fingerprint density at radius 1 is 0.450 bits per heavy atom. The number of rotatable bonds is 4. The van der Waals surface area contributed by atoms with Crippen molar-refractivity contribution < 1.29 is 9.47 Å². The van der Waals surface area contributed by atoms with Crippen LogP contribution in [0.3, 0.4) is 0 Å². The number of ether oxygens (including phenoxy) is 2. The molecule has 0 unspecified atom stereocenters. The van der Waals surface area contributed by atoms with Crippen LogP contribution < -0.4 is 0 Å². The molecule has 0 atom stereocenters. The van der Waals surface area contributed by atoms with Crippen molar-refractivity contribution in [3.05, 3.63) is 108 Å². The fourth-order valence-corrected chi connectivity index (χ4v) is 5.77. The first-order valence-corrected chi connectivity index (χ1v) is 13.9. The molecule has 5 aromatic carbocycles. The van der Waals surface area contributed by atoms with Crippen molar-refractivity contribution in [2.24, 2.45) is 9.98 Å². The van der Waals surface area contributed by atoms with Crippen molar-refractivity contribution in [3.63, 3.8) is 0 Å². The summed E-state index contributed by atoms with van der Waals surface area (Å²) in [4.78, 5) is 9.51. The van der Waals surface area contributed by atoms with Crippen LogP contribution in [0.5, 0.6) is 0 Å². The van der Waals surface area contributed by atoms with E-state index in [2.05, 4.69) is 125 Å². The van der Waals surface area contributed by atoms with E-state index >= 15 is 0 Å². The monoisotopic (exact) mass is 524 g/mol. The van der Waals surface area contributed by atoms with Crippen LogP contribution >= 0.6 is 0 Å². The van der Waals surface area contributed by atoms with Gasteiger partial charge in [-0.05, 0) is 95.8 Å². The van der Waals surface area contributed by atoms with Gasteiger partial charge in [0.25, 0.3) is 0 Å². The summed E-state index contributed by atoms with van der Waals surface area (Å²) >= 11 is 0. The second-order valence-electron chi connectivity index (χ2n) is 12.0. The molecule has 2 heterocycles. The van der Waals surface area contributed by atoms with Crippen molar-refractivity contribution in [1.29, 1.82) is 0 Å². The van der Waals surface area contributed by atoms with Gasteiger partial charge in [0, 0.05) is 11.1 Å². The SMILES string of the molecule is CC1(C)COC(c2ccc(-c3c4ccccc4c(-c4ccc(C5=NC(C)(C)CO5)cc4)c4ccccc34)cc2)=N1. The van der Waals surface area contributed by atoms with Gasteiger partial charge >= 0.3 is 0 Å². The summed E-state index contributed by atoms with van der Waals surface area (Å²) in [5.74, 6) is 1.45. The largest absolute Gasteiger partial charge is 0.475 e. The van der Waals surface area contributed by atoms with Crippen LogP contribution in [0.1, 0.15) is 38.8 Å². The molecule has 0 amide bonds. The second kappa shape index (κ2) is 9.06. The number of benzene rings is 5. The van der Waals surface area contributed by atoms with Crippen molar-refractivity contribution in [2.45, 2.75) is 38.8 Å².